The second kappa shape index (κ2) is 11.2. The topological polar surface area (TPSA) is 97.4 Å². The molecular formula is C28H25ClN4O4. The lowest BCUT2D eigenvalue weighted by Gasteiger charge is -2.27. The minimum Gasteiger partial charge on any atom is -0.492 e. The number of halogens is 1. The molecule has 1 aliphatic heterocycles. The Kier molecular flexibility index (Phi) is 7.87. The summed E-state index contributed by atoms with van der Waals surface area (Å²) in [4.78, 5) is 27.2. The van der Waals surface area contributed by atoms with Gasteiger partial charge in [-0.05, 0) is 55.8 Å². The fourth-order valence-electron chi connectivity index (χ4n) is 4.02. The molecule has 2 aromatic carbocycles. The third-order valence-corrected chi connectivity index (χ3v) is 6.21. The minimum atomic E-state index is -0.627. The zero-order valence-corrected chi connectivity index (χ0v) is 21.5. The molecule has 2 heterocycles. The zero-order chi connectivity index (χ0) is 26.5. The number of hydrogen-bond donors (Lipinski definition) is 0. The Morgan fingerprint density at radius 1 is 1.14 bits per heavy atom. The summed E-state index contributed by atoms with van der Waals surface area (Å²) >= 11 is 6.47. The monoisotopic (exact) mass is 516 g/mol. The number of para-hydroxylation sites is 1. The van der Waals surface area contributed by atoms with Gasteiger partial charge in [-0.3, -0.25) is 14.5 Å². The number of imide groups is 1. The number of rotatable bonds is 8. The van der Waals surface area contributed by atoms with Gasteiger partial charge in [-0.25, -0.2) is 4.68 Å². The summed E-state index contributed by atoms with van der Waals surface area (Å²) in [5.74, 6) is -0.568. The molecule has 0 N–H and O–H groups in total. The Balaban J connectivity index is 1.89. The molecule has 0 unspecified atom stereocenters. The van der Waals surface area contributed by atoms with Gasteiger partial charge in [-0.15, -0.1) is 0 Å². The van der Waals surface area contributed by atoms with Crippen LogP contribution in [0.3, 0.4) is 0 Å². The van der Waals surface area contributed by atoms with Gasteiger partial charge in [0, 0.05) is 30.0 Å². The van der Waals surface area contributed by atoms with E-state index in [1.54, 1.807) is 36.0 Å². The molecule has 0 bridgehead atoms. The summed E-state index contributed by atoms with van der Waals surface area (Å²) in [6.07, 6.45) is 3.46. The highest BCUT2D eigenvalue weighted by atomic mass is 35.5. The third-order valence-electron chi connectivity index (χ3n) is 5.91. The van der Waals surface area contributed by atoms with Crippen molar-refractivity contribution < 1.29 is 19.1 Å². The number of aromatic nitrogens is 2. The maximum absolute atomic E-state index is 13.4. The average Bonchev–Trinajstić information content (AvgIpc) is 3.32. The van der Waals surface area contributed by atoms with Crippen LogP contribution in [0.5, 0.6) is 5.75 Å². The third kappa shape index (κ3) is 5.19. The van der Waals surface area contributed by atoms with Gasteiger partial charge < -0.3 is 9.47 Å². The first kappa shape index (κ1) is 25.9. The van der Waals surface area contributed by atoms with Crippen molar-refractivity contribution in [2.45, 2.75) is 13.8 Å². The van der Waals surface area contributed by atoms with Crippen LogP contribution in [0.25, 0.3) is 23.0 Å². The number of ether oxygens (including phenoxy) is 2. The molecule has 9 heteroatoms. The van der Waals surface area contributed by atoms with E-state index in [1.807, 2.05) is 49.4 Å². The van der Waals surface area contributed by atoms with Gasteiger partial charge in [0.1, 0.15) is 23.1 Å². The smallest absolute Gasteiger partial charge is 0.271 e. The van der Waals surface area contributed by atoms with Crippen LogP contribution in [0.2, 0.25) is 5.02 Å². The SMILES string of the molecule is CCOc1ccc(-c2nn(-c3ccccc3)cc2/C=C2/C(=O)N(CCOC)C(=O)C(C#N)=C2C)cc1Cl. The van der Waals surface area contributed by atoms with Crippen LogP contribution in [-0.4, -0.2) is 53.4 Å². The molecule has 2 amide bonds. The van der Waals surface area contributed by atoms with Gasteiger partial charge in [0.2, 0.25) is 0 Å². The van der Waals surface area contributed by atoms with Crippen molar-refractivity contribution in [3.8, 4) is 28.8 Å². The number of benzene rings is 2. The first-order chi connectivity index (χ1) is 17.9. The highest BCUT2D eigenvalue weighted by Crippen LogP contribution is 2.34. The molecule has 37 heavy (non-hydrogen) atoms. The van der Waals surface area contributed by atoms with Crippen molar-refractivity contribution in [3.05, 3.63) is 82.0 Å². The summed E-state index contributed by atoms with van der Waals surface area (Å²) in [6, 6.07) is 16.9. The van der Waals surface area contributed by atoms with Crippen LogP contribution >= 0.6 is 11.6 Å². The van der Waals surface area contributed by atoms with Crippen molar-refractivity contribution in [2.75, 3.05) is 26.9 Å². The fourth-order valence-corrected chi connectivity index (χ4v) is 4.26. The fraction of sp³-hybridized carbons (Fsp3) is 0.214. The van der Waals surface area contributed by atoms with Crippen LogP contribution in [0, 0.1) is 11.3 Å². The van der Waals surface area contributed by atoms with E-state index >= 15 is 0 Å². The molecule has 1 aromatic heterocycles. The molecule has 4 rings (SSSR count). The number of nitrogens with zero attached hydrogens (tertiary/aromatic N) is 4. The summed E-state index contributed by atoms with van der Waals surface area (Å²) in [5.41, 5.74) is 3.19. The lowest BCUT2D eigenvalue weighted by atomic mass is 9.93. The first-order valence-corrected chi connectivity index (χ1v) is 12.0. The predicted octanol–water partition coefficient (Wildman–Crippen LogP) is 4.83. The highest BCUT2D eigenvalue weighted by molar-refractivity contribution is 6.32. The zero-order valence-electron chi connectivity index (χ0n) is 20.7. The first-order valence-electron chi connectivity index (χ1n) is 11.7. The van der Waals surface area contributed by atoms with E-state index < -0.39 is 11.8 Å². The van der Waals surface area contributed by atoms with E-state index in [4.69, 9.17) is 26.2 Å². The molecule has 0 atom stereocenters. The van der Waals surface area contributed by atoms with E-state index in [0.717, 1.165) is 10.6 Å². The maximum Gasteiger partial charge on any atom is 0.271 e. The average molecular weight is 517 g/mol. The molecule has 8 nitrogen and oxygen atoms in total. The quantitative estimate of drug-likeness (QED) is 0.314. The van der Waals surface area contributed by atoms with E-state index in [0.29, 0.717) is 39.8 Å². The van der Waals surface area contributed by atoms with Gasteiger partial charge in [-0.1, -0.05) is 29.8 Å². The number of carbonyl (C=O) groups excluding carboxylic acids is 2. The Labute approximate surface area is 220 Å². The Morgan fingerprint density at radius 2 is 1.89 bits per heavy atom. The van der Waals surface area contributed by atoms with Crippen molar-refractivity contribution in [1.82, 2.24) is 14.7 Å². The van der Waals surface area contributed by atoms with Crippen LogP contribution in [0.1, 0.15) is 19.4 Å². The molecule has 3 aromatic rings. The molecular weight excluding hydrogens is 492 g/mol. The predicted molar refractivity (Wildman–Crippen MR) is 140 cm³/mol. The molecule has 188 valence electrons. The van der Waals surface area contributed by atoms with Crippen molar-refractivity contribution in [1.29, 1.82) is 5.26 Å². The Bertz CT molecular complexity index is 1450. The Hall–Kier alpha value is -4.19. The van der Waals surface area contributed by atoms with E-state index in [1.165, 1.54) is 7.11 Å². The minimum absolute atomic E-state index is 0.0363. The Morgan fingerprint density at radius 3 is 2.54 bits per heavy atom. The van der Waals surface area contributed by atoms with E-state index in [-0.39, 0.29) is 24.3 Å². The normalized spacial score (nSPS) is 14.9. The molecule has 0 aliphatic carbocycles. The van der Waals surface area contributed by atoms with Gasteiger partial charge in [0.25, 0.3) is 11.8 Å². The van der Waals surface area contributed by atoms with Gasteiger partial charge >= 0.3 is 0 Å². The van der Waals surface area contributed by atoms with E-state index in [9.17, 15) is 14.9 Å². The van der Waals surface area contributed by atoms with Crippen molar-refractivity contribution in [3.63, 3.8) is 0 Å². The second-order valence-corrected chi connectivity index (χ2v) is 8.62. The number of nitriles is 1. The van der Waals surface area contributed by atoms with Crippen LogP contribution in [-0.2, 0) is 14.3 Å². The number of amides is 2. The number of methoxy groups -OCH3 is 1. The van der Waals surface area contributed by atoms with Gasteiger partial charge in [0.05, 0.1) is 30.5 Å². The number of carbonyl (C=O) groups is 2. The van der Waals surface area contributed by atoms with E-state index in [2.05, 4.69) is 0 Å². The second-order valence-electron chi connectivity index (χ2n) is 8.22. The van der Waals surface area contributed by atoms with Crippen molar-refractivity contribution >= 4 is 29.5 Å². The molecule has 1 aliphatic rings. The van der Waals surface area contributed by atoms with Crippen LogP contribution in [0.4, 0.5) is 0 Å². The van der Waals surface area contributed by atoms with Crippen LogP contribution in [0.15, 0.2) is 71.4 Å². The molecule has 0 saturated carbocycles. The summed E-state index contributed by atoms with van der Waals surface area (Å²) < 4.78 is 12.3. The maximum atomic E-state index is 13.4. The number of hydrogen-bond acceptors (Lipinski definition) is 6. The lowest BCUT2D eigenvalue weighted by molar-refractivity contribution is -0.141. The summed E-state index contributed by atoms with van der Waals surface area (Å²) in [5, 5.41) is 14.9. The van der Waals surface area contributed by atoms with Crippen molar-refractivity contribution in [2.24, 2.45) is 0 Å². The van der Waals surface area contributed by atoms with Crippen LogP contribution < -0.4 is 4.74 Å². The molecule has 0 spiro atoms. The molecule has 0 radical (unpaired) electrons. The summed E-state index contributed by atoms with van der Waals surface area (Å²) in [6.45, 7) is 4.15. The largest absolute Gasteiger partial charge is 0.492 e. The summed E-state index contributed by atoms with van der Waals surface area (Å²) in [7, 11) is 1.48. The standard InChI is InChI=1S/C28H25ClN4O4/c1-4-37-25-11-10-19(15-24(25)29)26-20(17-33(31-26)21-8-6-5-7-9-21)14-22-18(2)23(16-30)28(35)32(27(22)34)12-13-36-3/h5-11,14-15,17H,4,12-13H2,1-3H3/b22-14+. The van der Waals surface area contributed by atoms with Gasteiger partial charge in [0.15, 0.2) is 0 Å². The lowest BCUT2D eigenvalue weighted by Crippen LogP contribution is -2.44. The molecule has 0 saturated heterocycles. The van der Waals surface area contributed by atoms with Gasteiger partial charge in [-0.2, -0.15) is 10.4 Å². The highest BCUT2D eigenvalue weighted by Gasteiger charge is 2.35. The molecule has 0 fully saturated rings.